The van der Waals surface area contributed by atoms with E-state index in [-0.39, 0.29) is 17.9 Å². The third-order valence-electron chi connectivity index (χ3n) is 5.86. The van der Waals surface area contributed by atoms with Crippen molar-refractivity contribution in [3.8, 4) is 0 Å². The second-order valence-corrected chi connectivity index (χ2v) is 9.07. The van der Waals surface area contributed by atoms with E-state index in [1.807, 2.05) is 20.8 Å². The molecule has 25 heavy (non-hydrogen) atoms. The molecule has 1 saturated heterocycles. The molecular weight excluding hydrogens is 320 g/mol. The number of carbonyl (C=O) groups is 2. The molecule has 2 saturated carbocycles. The Morgan fingerprint density at radius 1 is 1.28 bits per heavy atom. The lowest BCUT2D eigenvalue weighted by atomic mass is 9.67. The van der Waals surface area contributed by atoms with E-state index >= 15 is 0 Å². The van der Waals surface area contributed by atoms with E-state index in [0.29, 0.717) is 25.6 Å². The molecule has 142 valence electrons. The van der Waals surface area contributed by atoms with Crippen molar-refractivity contribution in [2.24, 2.45) is 17.3 Å². The molecule has 0 aromatic rings. The van der Waals surface area contributed by atoms with Gasteiger partial charge in [-0.2, -0.15) is 0 Å². The van der Waals surface area contributed by atoms with Crippen molar-refractivity contribution in [1.29, 1.82) is 0 Å². The molecule has 2 aliphatic carbocycles. The summed E-state index contributed by atoms with van der Waals surface area (Å²) < 4.78 is 5.51. The summed E-state index contributed by atoms with van der Waals surface area (Å²) in [6.07, 6.45) is 5.23. The second kappa shape index (κ2) is 6.78. The van der Waals surface area contributed by atoms with Gasteiger partial charge in [0.1, 0.15) is 5.60 Å². The fourth-order valence-corrected chi connectivity index (χ4v) is 4.31. The highest BCUT2D eigenvalue weighted by Crippen LogP contribution is 2.47. The zero-order valence-corrected chi connectivity index (χ0v) is 15.7. The zero-order valence-electron chi connectivity index (χ0n) is 15.7. The predicted octanol–water partition coefficient (Wildman–Crippen LogP) is 2.30. The van der Waals surface area contributed by atoms with Gasteiger partial charge >= 0.3 is 6.09 Å². The van der Waals surface area contributed by atoms with Crippen molar-refractivity contribution >= 4 is 12.0 Å². The van der Waals surface area contributed by atoms with Gasteiger partial charge in [0.05, 0.1) is 11.5 Å². The van der Waals surface area contributed by atoms with E-state index in [2.05, 4.69) is 5.32 Å². The van der Waals surface area contributed by atoms with Crippen LogP contribution in [0.5, 0.6) is 0 Å². The number of ether oxygens (including phenoxy) is 1. The lowest BCUT2D eigenvalue weighted by Crippen LogP contribution is -2.50. The minimum Gasteiger partial charge on any atom is -0.444 e. The van der Waals surface area contributed by atoms with Crippen LogP contribution in [-0.4, -0.2) is 53.3 Å². The molecule has 3 atom stereocenters. The Balaban J connectivity index is 1.66. The first-order valence-electron chi connectivity index (χ1n) is 9.65. The van der Waals surface area contributed by atoms with Crippen LogP contribution in [-0.2, 0) is 9.53 Å². The maximum absolute atomic E-state index is 13.0. The van der Waals surface area contributed by atoms with Gasteiger partial charge in [-0.15, -0.1) is 0 Å². The van der Waals surface area contributed by atoms with Crippen molar-refractivity contribution in [3.05, 3.63) is 0 Å². The molecule has 0 unspecified atom stereocenters. The average molecular weight is 352 g/mol. The number of rotatable bonds is 4. The molecule has 2 N–H and O–H groups in total. The molecule has 0 aromatic carbocycles. The highest BCUT2D eigenvalue weighted by Gasteiger charge is 2.54. The molecule has 6 heteroatoms. The van der Waals surface area contributed by atoms with E-state index < -0.39 is 17.1 Å². The van der Waals surface area contributed by atoms with Gasteiger partial charge in [0.25, 0.3) is 0 Å². The van der Waals surface area contributed by atoms with E-state index in [1.165, 1.54) is 0 Å². The van der Waals surface area contributed by atoms with Crippen LogP contribution in [0.4, 0.5) is 4.79 Å². The van der Waals surface area contributed by atoms with Crippen molar-refractivity contribution < 1.29 is 19.4 Å². The molecule has 3 fully saturated rings. The summed E-state index contributed by atoms with van der Waals surface area (Å²) in [6, 6.07) is 0. The topological polar surface area (TPSA) is 78.9 Å². The lowest BCUT2D eigenvalue weighted by molar-refractivity contribution is -0.134. The molecule has 0 spiro atoms. The zero-order chi connectivity index (χ0) is 18.2. The number of carbonyl (C=O) groups excluding carboxylic acids is 2. The van der Waals surface area contributed by atoms with Gasteiger partial charge in [-0.1, -0.05) is 12.8 Å². The largest absolute Gasteiger partial charge is 0.444 e. The Labute approximate surface area is 150 Å². The van der Waals surface area contributed by atoms with Gasteiger partial charge in [0, 0.05) is 19.6 Å². The van der Waals surface area contributed by atoms with Crippen LogP contribution in [0.1, 0.15) is 59.3 Å². The predicted molar refractivity (Wildman–Crippen MR) is 93.9 cm³/mol. The number of hydrogen-bond acceptors (Lipinski definition) is 4. The quantitative estimate of drug-likeness (QED) is 0.814. The first-order valence-corrected chi connectivity index (χ1v) is 9.65. The number of aliphatic hydroxyl groups is 1. The number of nitrogens with one attached hydrogen (secondary N) is 1. The van der Waals surface area contributed by atoms with Crippen LogP contribution in [0.3, 0.4) is 0 Å². The van der Waals surface area contributed by atoms with Gasteiger partial charge < -0.3 is 20.1 Å². The number of likely N-dealkylation sites (tertiary alicyclic amines) is 1. The fourth-order valence-electron chi connectivity index (χ4n) is 4.31. The van der Waals surface area contributed by atoms with Gasteiger partial charge in [0.15, 0.2) is 0 Å². The summed E-state index contributed by atoms with van der Waals surface area (Å²) >= 11 is 0. The molecule has 1 heterocycles. The molecule has 0 bridgehead atoms. The Hall–Kier alpha value is -1.30. The van der Waals surface area contributed by atoms with Crippen molar-refractivity contribution in [3.63, 3.8) is 0 Å². The van der Waals surface area contributed by atoms with Crippen molar-refractivity contribution in [2.45, 2.75) is 71.0 Å². The molecule has 1 aliphatic heterocycles. The van der Waals surface area contributed by atoms with Gasteiger partial charge in [-0.05, 0) is 58.3 Å². The number of amides is 2. The smallest absolute Gasteiger partial charge is 0.410 e. The Morgan fingerprint density at radius 3 is 2.64 bits per heavy atom. The molecule has 6 nitrogen and oxygen atoms in total. The normalized spacial score (nSPS) is 30.6. The monoisotopic (exact) mass is 352 g/mol. The van der Waals surface area contributed by atoms with Gasteiger partial charge in [-0.3, -0.25) is 4.79 Å². The molecule has 0 radical (unpaired) electrons. The lowest BCUT2D eigenvalue weighted by Gasteiger charge is -2.37. The average Bonchev–Trinajstić information content (AvgIpc) is 3.30. The highest BCUT2D eigenvalue weighted by molar-refractivity contribution is 5.85. The Kier molecular flexibility index (Phi) is 5.02. The minimum atomic E-state index is -0.533. The molecule has 3 rings (SSSR count). The van der Waals surface area contributed by atoms with Gasteiger partial charge in [-0.25, -0.2) is 4.79 Å². The van der Waals surface area contributed by atoms with Crippen LogP contribution >= 0.6 is 0 Å². The summed E-state index contributed by atoms with van der Waals surface area (Å²) in [6.45, 7) is 6.91. The van der Waals surface area contributed by atoms with Crippen LogP contribution in [0, 0.1) is 17.3 Å². The van der Waals surface area contributed by atoms with E-state index in [1.54, 1.807) is 4.90 Å². The maximum Gasteiger partial charge on any atom is 0.410 e. The number of fused-ring (bicyclic) bond motifs is 1. The summed E-state index contributed by atoms with van der Waals surface area (Å²) in [4.78, 5) is 27.2. The van der Waals surface area contributed by atoms with E-state index in [9.17, 15) is 14.7 Å². The molecular formula is C19H32N2O4. The molecule has 3 aliphatic rings. The van der Waals surface area contributed by atoms with Crippen molar-refractivity contribution in [2.75, 3.05) is 19.6 Å². The molecule has 2 amide bonds. The number of hydrogen-bond donors (Lipinski definition) is 2. The van der Waals surface area contributed by atoms with Crippen LogP contribution < -0.4 is 5.32 Å². The van der Waals surface area contributed by atoms with Crippen LogP contribution in [0.25, 0.3) is 0 Å². The first kappa shape index (κ1) is 18.5. The summed E-state index contributed by atoms with van der Waals surface area (Å²) in [5.41, 5.74) is -1.05. The number of aliphatic hydroxyl groups excluding tert-OH is 1. The summed E-state index contributed by atoms with van der Waals surface area (Å²) in [5, 5.41) is 13.0. The first-order chi connectivity index (χ1) is 11.7. The standard InChI is InChI=1S/C19H32N2O4/c1-18(2,3)25-17(24)21-11-14-6-4-5-9-19(14,12-21)16(23)20-10-15(22)13-7-8-13/h13-15,22H,4-12H2,1-3H3,(H,20,23)/t14-,15+,19+/m0/s1. The SMILES string of the molecule is CC(C)(C)OC(=O)N1C[C@@H]2CCCC[C@@]2(C(=O)NC[C@@H](O)C2CC2)C1. The van der Waals surface area contributed by atoms with Crippen LogP contribution in [0.15, 0.2) is 0 Å². The van der Waals surface area contributed by atoms with Crippen molar-refractivity contribution in [1.82, 2.24) is 10.2 Å². The maximum atomic E-state index is 13.0. The Morgan fingerprint density at radius 2 is 2.00 bits per heavy atom. The second-order valence-electron chi connectivity index (χ2n) is 9.07. The van der Waals surface area contributed by atoms with E-state index in [4.69, 9.17) is 4.74 Å². The third kappa shape index (κ3) is 4.10. The summed E-state index contributed by atoms with van der Waals surface area (Å²) in [5.74, 6) is 0.539. The summed E-state index contributed by atoms with van der Waals surface area (Å²) in [7, 11) is 0. The highest BCUT2D eigenvalue weighted by atomic mass is 16.6. The van der Waals surface area contributed by atoms with E-state index in [0.717, 1.165) is 38.5 Å². The minimum absolute atomic E-state index is 0.00274. The molecule has 0 aromatic heterocycles. The Bertz CT molecular complexity index is 526. The van der Waals surface area contributed by atoms with Gasteiger partial charge in [0.2, 0.25) is 5.91 Å². The number of nitrogens with zero attached hydrogens (tertiary/aromatic N) is 1. The van der Waals surface area contributed by atoms with Crippen LogP contribution in [0.2, 0.25) is 0 Å². The third-order valence-corrected chi connectivity index (χ3v) is 5.86. The fraction of sp³-hybridized carbons (Fsp3) is 0.895.